The first kappa shape index (κ1) is 25.6. The average molecular weight is 527 g/mol. The van der Waals surface area contributed by atoms with Gasteiger partial charge in [0.25, 0.3) is 0 Å². The lowest BCUT2D eigenvalue weighted by atomic mass is 9.72. The first-order valence-corrected chi connectivity index (χ1v) is 13.9. The van der Waals surface area contributed by atoms with Crippen molar-refractivity contribution in [2.75, 3.05) is 12.0 Å². The number of nitrogens with zero attached hydrogens (tertiary/aromatic N) is 1. The maximum Gasteiger partial charge on any atom is 0.324 e. The number of methoxy groups -OCH3 is 1. The number of imide groups is 1. The minimum atomic E-state index is -1.54. The highest BCUT2D eigenvalue weighted by Gasteiger charge is 2.69. The van der Waals surface area contributed by atoms with E-state index in [4.69, 9.17) is 4.74 Å². The number of carboxylic acids is 1. The number of carbonyl (C=O) groups is 3. The fourth-order valence-corrected chi connectivity index (χ4v) is 7.38. The molecule has 3 fully saturated rings. The van der Waals surface area contributed by atoms with Gasteiger partial charge in [0.1, 0.15) is 11.3 Å². The Morgan fingerprint density at radius 3 is 2.36 bits per heavy atom. The molecule has 2 saturated heterocycles. The Morgan fingerprint density at radius 2 is 1.67 bits per heavy atom. The Hall–Kier alpha value is -3.71. The fraction of sp³-hybridized carbons (Fsp3) is 0.406. The zero-order valence-electron chi connectivity index (χ0n) is 22.4. The smallest absolute Gasteiger partial charge is 0.324 e. The van der Waals surface area contributed by atoms with E-state index in [0.717, 1.165) is 54.0 Å². The maximum atomic E-state index is 14.2. The number of hydrogen-bond acceptors (Lipinski definition) is 5. The second-order valence-corrected chi connectivity index (χ2v) is 11.3. The summed E-state index contributed by atoms with van der Waals surface area (Å²) in [5.41, 5.74) is 0.590. The quantitative estimate of drug-likeness (QED) is 0.418. The molecule has 2 heterocycles. The van der Waals surface area contributed by atoms with Crippen LogP contribution in [-0.4, -0.2) is 35.5 Å². The molecule has 7 heteroatoms. The summed E-state index contributed by atoms with van der Waals surface area (Å²) < 4.78 is 5.59. The second kappa shape index (κ2) is 9.79. The zero-order chi connectivity index (χ0) is 27.3. The molecule has 0 radical (unpaired) electrons. The fourth-order valence-electron chi connectivity index (χ4n) is 7.38. The molecule has 39 heavy (non-hydrogen) atoms. The molecule has 202 valence electrons. The SMILES string of the molecule is COc1ccc(C2NC(CC3CCCCC3)(C(=O)O)C3C(=O)N(c4ccccc4C)C(=O)C23)c2ccccc12. The molecule has 4 unspecified atom stereocenters. The number of benzene rings is 3. The first-order valence-electron chi connectivity index (χ1n) is 13.9. The van der Waals surface area contributed by atoms with Crippen LogP contribution in [-0.2, 0) is 14.4 Å². The summed E-state index contributed by atoms with van der Waals surface area (Å²) in [4.78, 5) is 43.0. The van der Waals surface area contributed by atoms with Gasteiger partial charge in [0.05, 0.1) is 24.6 Å². The highest BCUT2D eigenvalue weighted by Crippen LogP contribution is 2.54. The summed E-state index contributed by atoms with van der Waals surface area (Å²) in [5.74, 6) is -2.79. The molecule has 1 saturated carbocycles. The van der Waals surface area contributed by atoms with Crippen molar-refractivity contribution in [3.8, 4) is 5.75 Å². The van der Waals surface area contributed by atoms with Gasteiger partial charge in [-0.1, -0.05) is 80.6 Å². The van der Waals surface area contributed by atoms with Crippen molar-refractivity contribution in [3.05, 3.63) is 71.8 Å². The summed E-state index contributed by atoms with van der Waals surface area (Å²) in [7, 11) is 1.62. The van der Waals surface area contributed by atoms with Gasteiger partial charge in [0, 0.05) is 11.4 Å². The van der Waals surface area contributed by atoms with Gasteiger partial charge in [0.15, 0.2) is 0 Å². The molecule has 2 aliphatic heterocycles. The molecule has 0 spiro atoms. The largest absolute Gasteiger partial charge is 0.496 e. The molecule has 2 N–H and O–H groups in total. The van der Waals surface area contributed by atoms with Crippen LogP contribution in [0.5, 0.6) is 5.75 Å². The number of aryl methyl sites for hydroxylation is 1. The van der Waals surface area contributed by atoms with E-state index in [9.17, 15) is 19.5 Å². The minimum Gasteiger partial charge on any atom is -0.496 e. The van der Waals surface area contributed by atoms with Crippen molar-refractivity contribution in [1.29, 1.82) is 0 Å². The van der Waals surface area contributed by atoms with Gasteiger partial charge in [0.2, 0.25) is 11.8 Å². The molecule has 3 aliphatic rings. The van der Waals surface area contributed by atoms with Gasteiger partial charge < -0.3 is 9.84 Å². The minimum absolute atomic E-state index is 0.185. The summed E-state index contributed by atoms with van der Waals surface area (Å²) in [6, 6.07) is 18.2. The monoisotopic (exact) mass is 526 g/mol. The maximum absolute atomic E-state index is 14.2. The van der Waals surface area contributed by atoms with Crippen LogP contribution in [0.3, 0.4) is 0 Å². The molecule has 1 aliphatic carbocycles. The molecule has 0 aromatic heterocycles. The predicted octanol–water partition coefficient (Wildman–Crippen LogP) is 5.40. The van der Waals surface area contributed by atoms with Gasteiger partial charge in [-0.25, -0.2) is 4.90 Å². The van der Waals surface area contributed by atoms with Gasteiger partial charge in [-0.2, -0.15) is 0 Å². The molecule has 3 aromatic rings. The molecule has 3 aromatic carbocycles. The number of ether oxygens (including phenoxy) is 1. The number of anilines is 1. The lowest BCUT2D eigenvalue weighted by Gasteiger charge is -2.35. The van der Waals surface area contributed by atoms with E-state index < -0.39 is 35.3 Å². The van der Waals surface area contributed by atoms with E-state index in [1.807, 2.05) is 55.5 Å². The molecule has 2 amide bonds. The number of nitrogens with one attached hydrogen (secondary N) is 1. The summed E-state index contributed by atoms with van der Waals surface area (Å²) >= 11 is 0. The average Bonchev–Trinajstić information content (AvgIpc) is 3.42. The predicted molar refractivity (Wildman–Crippen MR) is 149 cm³/mol. The molecular weight excluding hydrogens is 492 g/mol. The number of hydrogen-bond donors (Lipinski definition) is 2. The third-order valence-corrected chi connectivity index (χ3v) is 9.20. The van der Waals surface area contributed by atoms with Crippen LogP contribution >= 0.6 is 0 Å². The Kier molecular flexibility index (Phi) is 6.42. The zero-order valence-corrected chi connectivity index (χ0v) is 22.4. The van der Waals surface area contributed by atoms with Crippen LogP contribution in [0.2, 0.25) is 0 Å². The van der Waals surface area contributed by atoms with Crippen LogP contribution in [0.25, 0.3) is 10.8 Å². The lowest BCUT2D eigenvalue weighted by Crippen LogP contribution is -2.57. The molecular formula is C32H34N2O5. The number of carboxylic acid groups (broad SMARTS) is 1. The Labute approximate surface area is 228 Å². The summed E-state index contributed by atoms with van der Waals surface area (Å²) in [5, 5.41) is 16.0. The number of amides is 2. The first-order chi connectivity index (χ1) is 18.9. The van der Waals surface area contributed by atoms with Crippen molar-refractivity contribution in [2.45, 2.75) is 57.0 Å². The van der Waals surface area contributed by atoms with Crippen molar-refractivity contribution in [3.63, 3.8) is 0 Å². The number of para-hydroxylation sites is 1. The van der Waals surface area contributed by atoms with E-state index in [-0.39, 0.29) is 11.8 Å². The Bertz CT molecular complexity index is 1460. The van der Waals surface area contributed by atoms with Crippen LogP contribution in [0.15, 0.2) is 60.7 Å². The highest BCUT2D eigenvalue weighted by molar-refractivity contribution is 6.24. The van der Waals surface area contributed by atoms with Gasteiger partial charge in [-0.3, -0.25) is 19.7 Å². The lowest BCUT2D eigenvalue weighted by molar-refractivity contribution is -0.150. The third kappa shape index (κ3) is 3.94. The standard InChI is InChI=1S/C32H34N2O5/c1-19-10-6-9-15-24(19)34-29(35)26-27(30(34)36)32(31(37)38,18-20-11-4-3-5-12-20)33-28(26)23-16-17-25(39-2)22-14-8-7-13-21(22)23/h6-10,13-17,20,26-28,33H,3-5,11-12,18H2,1-2H3,(H,37,38). The van der Waals surface area contributed by atoms with Crippen molar-refractivity contribution in [1.82, 2.24) is 5.32 Å². The molecule has 7 nitrogen and oxygen atoms in total. The van der Waals surface area contributed by atoms with Gasteiger partial charge >= 0.3 is 5.97 Å². The molecule has 4 atom stereocenters. The molecule has 0 bridgehead atoms. The van der Waals surface area contributed by atoms with Gasteiger partial charge in [-0.15, -0.1) is 0 Å². The van der Waals surface area contributed by atoms with E-state index in [2.05, 4.69) is 5.32 Å². The Balaban J connectivity index is 1.53. The van der Waals surface area contributed by atoms with Crippen LogP contribution in [0.4, 0.5) is 5.69 Å². The van der Waals surface area contributed by atoms with Crippen LogP contribution in [0, 0.1) is 24.7 Å². The summed E-state index contributed by atoms with van der Waals surface area (Å²) in [6.07, 6.45) is 5.47. The third-order valence-electron chi connectivity index (χ3n) is 9.20. The van der Waals surface area contributed by atoms with E-state index in [1.54, 1.807) is 19.2 Å². The van der Waals surface area contributed by atoms with E-state index >= 15 is 0 Å². The highest BCUT2D eigenvalue weighted by atomic mass is 16.5. The van der Waals surface area contributed by atoms with E-state index in [1.165, 1.54) is 4.90 Å². The van der Waals surface area contributed by atoms with Crippen molar-refractivity contribution >= 4 is 34.2 Å². The Morgan fingerprint density at radius 1 is 0.974 bits per heavy atom. The normalized spacial score (nSPS) is 27.2. The van der Waals surface area contributed by atoms with Gasteiger partial charge in [-0.05, 0) is 47.9 Å². The summed E-state index contributed by atoms with van der Waals surface area (Å²) in [6.45, 7) is 1.86. The van der Waals surface area contributed by atoms with E-state index in [0.29, 0.717) is 17.9 Å². The number of rotatable bonds is 6. The van der Waals surface area contributed by atoms with Crippen molar-refractivity contribution < 1.29 is 24.2 Å². The van der Waals surface area contributed by atoms with Crippen LogP contribution in [0.1, 0.15) is 55.7 Å². The number of fused-ring (bicyclic) bond motifs is 2. The second-order valence-electron chi connectivity index (χ2n) is 11.3. The topological polar surface area (TPSA) is 95.9 Å². The molecule has 6 rings (SSSR count). The number of carbonyl (C=O) groups excluding carboxylic acids is 2. The van der Waals surface area contributed by atoms with Crippen LogP contribution < -0.4 is 15.0 Å². The van der Waals surface area contributed by atoms with Crippen molar-refractivity contribution in [2.24, 2.45) is 17.8 Å². The number of aliphatic carboxylic acids is 1.